The molecule has 0 saturated carbocycles. The van der Waals surface area contributed by atoms with E-state index in [-0.39, 0.29) is 18.1 Å². The van der Waals surface area contributed by atoms with Crippen LogP contribution in [0.3, 0.4) is 0 Å². The minimum atomic E-state index is -0.530. The SMILES string of the molecule is CCOC(=O)C1=C(CC)NC2=C(C(=O)CCC2)C1c1ccc(O)c(OC)c1. The lowest BCUT2D eigenvalue weighted by Crippen LogP contribution is -2.35. The fourth-order valence-corrected chi connectivity index (χ4v) is 3.83. The van der Waals surface area contributed by atoms with Crippen molar-refractivity contribution in [1.82, 2.24) is 5.32 Å². The Balaban J connectivity index is 2.22. The molecule has 27 heavy (non-hydrogen) atoms. The van der Waals surface area contributed by atoms with Gasteiger partial charge in [0.25, 0.3) is 0 Å². The molecule has 3 rings (SSSR count). The van der Waals surface area contributed by atoms with Crippen LogP contribution in [0, 0.1) is 0 Å². The largest absolute Gasteiger partial charge is 0.504 e. The number of methoxy groups -OCH3 is 1. The lowest BCUT2D eigenvalue weighted by Gasteiger charge is -2.35. The van der Waals surface area contributed by atoms with E-state index < -0.39 is 11.9 Å². The summed E-state index contributed by atoms with van der Waals surface area (Å²) in [5, 5.41) is 13.3. The molecule has 0 aromatic heterocycles. The number of allylic oxidation sites excluding steroid dienone is 3. The number of rotatable bonds is 5. The number of dihydropyridines is 1. The van der Waals surface area contributed by atoms with E-state index in [0.717, 1.165) is 29.8 Å². The van der Waals surface area contributed by atoms with E-state index in [1.165, 1.54) is 13.2 Å². The molecule has 2 aliphatic rings. The summed E-state index contributed by atoms with van der Waals surface area (Å²) in [6, 6.07) is 4.94. The monoisotopic (exact) mass is 371 g/mol. The topological polar surface area (TPSA) is 84.9 Å². The summed E-state index contributed by atoms with van der Waals surface area (Å²) >= 11 is 0. The summed E-state index contributed by atoms with van der Waals surface area (Å²) in [5.74, 6) is -0.603. The van der Waals surface area contributed by atoms with Crippen molar-refractivity contribution in [2.24, 2.45) is 0 Å². The molecule has 144 valence electrons. The maximum atomic E-state index is 12.8. The van der Waals surface area contributed by atoms with Gasteiger partial charge in [-0.1, -0.05) is 13.0 Å². The second-order valence-electron chi connectivity index (χ2n) is 6.62. The highest BCUT2D eigenvalue weighted by atomic mass is 16.5. The number of ether oxygens (including phenoxy) is 2. The smallest absolute Gasteiger partial charge is 0.336 e. The van der Waals surface area contributed by atoms with Gasteiger partial charge in [0.05, 0.1) is 19.3 Å². The van der Waals surface area contributed by atoms with Crippen LogP contribution in [0.4, 0.5) is 0 Å². The van der Waals surface area contributed by atoms with Crippen molar-refractivity contribution >= 4 is 11.8 Å². The van der Waals surface area contributed by atoms with Crippen LogP contribution in [0.5, 0.6) is 11.5 Å². The predicted molar refractivity (Wildman–Crippen MR) is 100 cm³/mol. The van der Waals surface area contributed by atoms with Crippen LogP contribution >= 0.6 is 0 Å². The number of nitrogens with one attached hydrogen (secondary N) is 1. The number of ketones is 1. The number of hydrogen-bond donors (Lipinski definition) is 2. The molecule has 1 aliphatic carbocycles. The zero-order valence-electron chi connectivity index (χ0n) is 15.9. The third-order valence-electron chi connectivity index (χ3n) is 5.05. The van der Waals surface area contributed by atoms with Gasteiger partial charge in [-0.25, -0.2) is 4.79 Å². The van der Waals surface area contributed by atoms with Gasteiger partial charge in [0.1, 0.15) is 0 Å². The number of esters is 1. The lowest BCUT2D eigenvalue weighted by molar-refractivity contribution is -0.138. The van der Waals surface area contributed by atoms with Crippen molar-refractivity contribution < 1.29 is 24.2 Å². The number of hydrogen-bond acceptors (Lipinski definition) is 6. The van der Waals surface area contributed by atoms with Crippen molar-refractivity contribution in [3.05, 3.63) is 46.3 Å². The first-order valence-corrected chi connectivity index (χ1v) is 9.32. The Labute approximate surface area is 158 Å². The predicted octanol–water partition coefficient (Wildman–Crippen LogP) is 3.32. The molecular weight excluding hydrogens is 346 g/mol. The second kappa shape index (κ2) is 7.86. The highest BCUT2D eigenvalue weighted by Crippen LogP contribution is 2.44. The van der Waals surface area contributed by atoms with E-state index in [9.17, 15) is 14.7 Å². The number of aromatic hydroxyl groups is 1. The molecule has 0 saturated heterocycles. The van der Waals surface area contributed by atoms with E-state index in [2.05, 4.69) is 5.32 Å². The van der Waals surface area contributed by atoms with E-state index in [0.29, 0.717) is 29.7 Å². The van der Waals surface area contributed by atoms with Gasteiger partial charge in [-0.05, 0) is 43.9 Å². The highest BCUT2D eigenvalue weighted by molar-refractivity contribution is 6.03. The Hall–Kier alpha value is -2.76. The average molecular weight is 371 g/mol. The van der Waals surface area contributed by atoms with E-state index in [1.807, 2.05) is 6.92 Å². The van der Waals surface area contributed by atoms with Gasteiger partial charge in [-0.2, -0.15) is 0 Å². The number of carbonyl (C=O) groups is 2. The summed E-state index contributed by atoms with van der Waals surface area (Å²) in [7, 11) is 1.47. The average Bonchev–Trinajstić information content (AvgIpc) is 2.67. The lowest BCUT2D eigenvalue weighted by atomic mass is 9.75. The Bertz CT molecular complexity index is 837. The first kappa shape index (κ1) is 19.0. The van der Waals surface area contributed by atoms with Crippen LogP contribution in [0.25, 0.3) is 0 Å². The third kappa shape index (κ3) is 3.44. The van der Waals surface area contributed by atoms with Crippen LogP contribution in [0.1, 0.15) is 51.0 Å². The normalized spacial score (nSPS) is 19.5. The maximum absolute atomic E-state index is 12.8. The van der Waals surface area contributed by atoms with Crippen molar-refractivity contribution in [3.8, 4) is 11.5 Å². The number of phenols is 1. The molecule has 0 bridgehead atoms. The number of Topliss-reactive ketones (excluding diaryl/α,β-unsaturated/α-hetero) is 1. The van der Waals surface area contributed by atoms with Crippen molar-refractivity contribution in [1.29, 1.82) is 0 Å². The van der Waals surface area contributed by atoms with E-state index >= 15 is 0 Å². The summed E-state index contributed by atoms with van der Waals surface area (Å²) in [6.45, 7) is 3.98. The second-order valence-corrected chi connectivity index (χ2v) is 6.62. The molecule has 0 amide bonds. The van der Waals surface area contributed by atoms with Gasteiger partial charge < -0.3 is 19.9 Å². The first-order valence-electron chi connectivity index (χ1n) is 9.32. The Morgan fingerprint density at radius 3 is 2.74 bits per heavy atom. The van der Waals surface area contributed by atoms with Crippen LogP contribution in [0.15, 0.2) is 40.7 Å². The molecule has 1 aromatic carbocycles. The van der Waals surface area contributed by atoms with Crippen molar-refractivity contribution in [3.63, 3.8) is 0 Å². The van der Waals surface area contributed by atoms with Gasteiger partial charge in [0.2, 0.25) is 0 Å². The number of benzene rings is 1. The third-order valence-corrected chi connectivity index (χ3v) is 5.05. The molecule has 1 aromatic rings. The fourth-order valence-electron chi connectivity index (χ4n) is 3.83. The van der Waals surface area contributed by atoms with E-state index in [1.54, 1.807) is 19.1 Å². The molecule has 1 heterocycles. The standard InChI is InChI=1S/C21H25NO5/c1-4-13-20(21(25)27-5-2)18(12-9-10-15(23)17(11-12)26-3)19-14(22-13)7-6-8-16(19)24/h9-11,18,22-23H,4-8H2,1-3H3. The summed E-state index contributed by atoms with van der Waals surface area (Å²) < 4.78 is 10.5. The maximum Gasteiger partial charge on any atom is 0.336 e. The zero-order valence-corrected chi connectivity index (χ0v) is 15.9. The summed E-state index contributed by atoms with van der Waals surface area (Å²) in [6.07, 6.45) is 2.64. The molecule has 0 spiro atoms. The Kier molecular flexibility index (Phi) is 5.54. The minimum Gasteiger partial charge on any atom is -0.504 e. The number of carbonyl (C=O) groups excluding carboxylic acids is 2. The number of phenolic OH excluding ortho intramolecular Hbond substituents is 1. The van der Waals surface area contributed by atoms with Crippen LogP contribution in [0.2, 0.25) is 0 Å². The molecule has 6 heteroatoms. The highest BCUT2D eigenvalue weighted by Gasteiger charge is 2.39. The van der Waals surface area contributed by atoms with Crippen molar-refractivity contribution in [2.75, 3.05) is 13.7 Å². The van der Waals surface area contributed by atoms with Gasteiger partial charge in [-0.15, -0.1) is 0 Å². The van der Waals surface area contributed by atoms with Gasteiger partial charge in [0.15, 0.2) is 17.3 Å². The first-order chi connectivity index (χ1) is 13.0. The summed E-state index contributed by atoms with van der Waals surface area (Å²) in [5.41, 5.74) is 3.46. The molecule has 0 fully saturated rings. The summed E-state index contributed by atoms with van der Waals surface area (Å²) in [4.78, 5) is 25.6. The molecule has 0 radical (unpaired) electrons. The quantitative estimate of drug-likeness (QED) is 0.773. The molecular formula is C21H25NO5. The molecule has 1 aliphatic heterocycles. The van der Waals surface area contributed by atoms with Crippen LogP contribution in [-0.2, 0) is 14.3 Å². The van der Waals surface area contributed by atoms with Crippen molar-refractivity contribution in [2.45, 2.75) is 45.4 Å². The Morgan fingerprint density at radius 1 is 1.30 bits per heavy atom. The van der Waals surface area contributed by atoms with Gasteiger partial charge >= 0.3 is 5.97 Å². The fraction of sp³-hybridized carbons (Fsp3) is 0.429. The van der Waals surface area contributed by atoms with Gasteiger partial charge in [-0.3, -0.25) is 4.79 Å². The molecule has 1 unspecified atom stereocenters. The molecule has 1 atom stereocenters. The molecule has 6 nitrogen and oxygen atoms in total. The van der Waals surface area contributed by atoms with Crippen LogP contribution < -0.4 is 10.1 Å². The minimum absolute atomic E-state index is 0.0109. The molecule has 2 N–H and O–H groups in total. The zero-order chi connectivity index (χ0) is 19.6. The van der Waals surface area contributed by atoms with E-state index in [4.69, 9.17) is 9.47 Å². The van der Waals surface area contributed by atoms with Gasteiger partial charge in [0, 0.05) is 29.3 Å². The van der Waals surface area contributed by atoms with Crippen LogP contribution in [-0.4, -0.2) is 30.6 Å². The Morgan fingerprint density at radius 2 is 2.07 bits per heavy atom.